The highest BCUT2D eigenvalue weighted by Crippen LogP contribution is 2.70. The Hall–Kier alpha value is -0.650. The third-order valence-electron chi connectivity index (χ3n) is 6.12. The number of nitrogens with zero attached hydrogens (tertiary/aromatic N) is 1. The highest BCUT2D eigenvalue weighted by atomic mass is 16.5. The van der Waals surface area contributed by atoms with Gasteiger partial charge in [0.25, 0.3) is 0 Å². The van der Waals surface area contributed by atoms with Crippen LogP contribution in [0.2, 0.25) is 0 Å². The van der Waals surface area contributed by atoms with Crippen LogP contribution in [0.5, 0.6) is 0 Å². The van der Waals surface area contributed by atoms with E-state index in [1.165, 1.54) is 32.4 Å². The Morgan fingerprint density at radius 1 is 1.18 bits per heavy atom. The van der Waals surface area contributed by atoms with Gasteiger partial charge >= 0.3 is 0 Å². The lowest BCUT2D eigenvalue weighted by Gasteiger charge is -2.29. The van der Waals surface area contributed by atoms with Crippen LogP contribution in [0.1, 0.15) is 44.9 Å². The Bertz CT molecular complexity index is 389. The van der Waals surface area contributed by atoms with Gasteiger partial charge in [-0.2, -0.15) is 0 Å². The minimum atomic E-state index is -0.326. The van der Waals surface area contributed by atoms with Crippen LogP contribution in [-0.2, 0) is 9.53 Å². The molecular weight excluding hydrogens is 280 g/mol. The maximum absolute atomic E-state index is 12.8. The Morgan fingerprint density at radius 2 is 1.91 bits per heavy atom. The highest BCUT2D eigenvalue weighted by Gasteiger charge is 2.70. The number of carbonyl (C=O) groups excluding carboxylic acids is 1. The molecule has 2 N–H and O–H groups in total. The van der Waals surface area contributed by atoms with E-state index in [4.69, 9.17) is 4.74 Å². The van der Waals surface area contributed by atoms with Gasteiger partial charge in [0.1, 0.15) is 0 Å². The zero-order valence-corrected chi connectivity index (χ0v) is 13.6. The van der Waals surface area contributed by atoms with E-state index in [0.29, 0.717) is 6.42 Å². The average Bonchev–Trinajstić information content (AvgIpc) is 3.16. The molecule has 5 heteroatoms. The second-order valence-electron chi connectivity index (χ2n) is 7.28. The second-order valence-corrected chi connectivity index (χ2v) is 7.28. The molecule has 1 saturated carbocycles. The van der Waals surface area contributed by atoms with Crippen LogP contribution in [0, 0.1) is 10.8 Å². The number of piperidine rings is 1. The van der Waals surface area contributed by atoms with Crippen LogP contribution >= 0.6 is 0 Å². The summed E-state index contributed by atoms with van der Waals surface area (Å²) in [5.41, 5.74) is -0.226. The third-order valence-corrected chi connectivity index (χ3v) is 6.12. The molecule has 1 spiro atoms. The Balaban J connectivity index is 1.50. The average molecular weight is 310 g/mol. The van der Waals surface area contributed by atoms with Crippen LogP contribution in [0.3, 0.4) is 0 Å². The monoisotopic (exact) mass is 310 g/mol. The molecule has 1 unspecified atom stereocenters. The van der Waals surface area contributed by atoms with E-state index in [1.807, 2.05) is 0 Å². The molecule has 3 aliphatic rings. The van der Waals surface area contributed by atoms with Crippen molar-refractivity contribution in [1.29, 1.82) is 0 Å². The lowest BCUT2D eigenvalue weighted by molar-refractivity contribution is -0.129. The number of aliphatic hydroxyl groups excluding tert-OH is 1. The summed E-state index contributed by atoms with van der Waals surface area (Å²) in [4.78, 5) is 15.2. The van der Waals surface area contributed by atoms with E-state index in [2.05, 4.69) is 10.2 Å². The summed E-state index contributed by atoms with van der Waals surface area (Å²) in [6.07, 6.45) is 7.37. The van der Waals surface area contributed by atoms with E-state index in [-0.39, 0.29) is 23.3 Å². The van der Waals surface area contributed by atoms with Gasteiger partial charge in [0.2, 0.25) is 5.91 Å². The zero-order chi connectivity index (χ0) is 15.5. The van der Waals surface area contributed by atoms with Gasteiger partial charge in [-0.15, -0.1) is 0 Å². The number of ether oxygens (including phenoxy) is 1. The molecule has 126 valence electrons. The van der Waals surface area contributed by atoms with Crippen LogP contribution < -0.4 is 5.32 Å². The van der Waals surface area contributed by atoms with Gasteiger partial charge in [-0.1, -0.05) is 6.42 Å². The summed E-state index contributed by atoms with van der Waals surface area (Å²) in [7, 11) is 0. The summed E-state index contributed by atoms with van der Waals surface area (Å²) in [6.45, 7) is 5.64. The summed E-state index contributed by atoms with van der Waals surface area (Å²) < 4.78 is 5.46. The standard InChI is InChI=1S/C17H30N2O3/c20-11-4-17(14-16(17)5-12-22-13-6-16)15(21)18-7-10-19-8-2-1-3-9-19/h20H,1-14H2,(H,18,21). The lowest BCUT2D eigenvalue weighted by atomic mass is 9.83. The molecule has 2 heterocycles. The minimum Gasteiger partial charge on any atom is -0.396 e. The van der Waals surface area contributed by atoms with Gasteiger partial charge in [0, 0.05) is 32.9 Å². The number of likely N-dealkylation sites (tertiary alicyclic amines) is 1. The lowest BCUT2D eigenvalue weighted by Crippen LogP contribution is -2.42. The van der Waals surface area contributed by atoms with Crippen molar-refractivity contribution in [1.82, 2.24) is 10.2 Å². The summed E-state index contributed by atoms with van der Waals surface area (Å²) >= 11 is 0. The molecule has 3 fully saturated rings. The van der Waals surface area contributed by atoms with E-state index < -0.39 is 0 Å². The molecule has 2 saturated heterocycles. The SMILES string of the molecule is O=C(NCCN1CCCCC1)C1(CCO)CC12CCOCC2. The second kappa shape index (κ2) is 6.85. The van der Waals surface area contributed by atoms with Gasteiger partial charge in [-0.25, -0.2) is 0 Å². The first-order valence-corrected chi connectivity index (χ1v) is 8.92. The van der Waals surface area contributed by atoms with Gasteiger partial charge < -0.3 is 20.1 Å². The Labute approximate surface area is 133 Å². The molecule has 2 aliphatic heterocycles. The molecule has 0 aromatic heterocycles. The van der Waals surface area contributed by atoms with Crippen molar-refractivity contribution in [3.63, 3.8) is 0 Å². The third kappa shape index (κ3) is 3.03. The van der Waals surface area contributed by atoms with Crippen molar-refractivity contribution in [2.75, 3.05) is 46.0 Å². The zero-order valence-electron chi connectivity index (χ0n) is 13.6. The topological polar surface area (TPSA) is 61.8 Å². The number of rotatable bonds is 6. The molecule has 1 aliphatic carbocycles. The molecule has 5 nitrogen and oxygen atoms in total. The van der Waals surface area contributed by atoms with Crippen molar-refractivity contribution in [2.45, 2.75) is 44.9 Å². The molecule has 0 radical (unpaired) electrons. The molecule has 1 atom stereocenters. The fourth-order valence-electron chi connectivity index (χ4n) is 4.61. The molecule has 3 rings (SSSR count). The molecule has 0 bridgehead atoms. The van der Waals surface area contributed by atoms with Crippen LogP contribution in [0.25, 0.3) is 0 Å². The van der Waals surface area contributed by atoms with Crippen molar-refractivity contribution in [2.24, 2.45) is 10.8 Å². The first kappa shape index (κ1) is 16.2. The van der Waals surface area contributed by atoms with E-state index in [0.717, 1.165) is 45.6 Å². The summed E-state index contributed by atoms with van der Waals surface area (Å²) in [5.74, 6) is 0.167. The molecule has 1 amide bonds. The predicted molar refractivity (Wildman–Crippen MR) is 84.5 cm³/mol. The quantitative estimate of drug-likeness (QED) is 0.773. The maximum Gasteiger partial charge on any atom is 0.226 e. The highest BCUT2D eigenvalue weighted by molar-refractivity contribution is 5.87. The summed E-state index contributed by atoms with van der Waals surface area (Å²) in [6, 6.07) is 0. The van der Waals surface area contributed by atoms with Crippen molar-refractivity contribution in [3.8, 4) is 0 Å². The van der Waals surface area contributed by atoms with Crippen molar-refractivity contribution >= 4 is 5.91 Å². The van der Waals surface area contributed by atoms with E-state index >= 15 is 0 Å². The predicted octanol–water partition coefficient (Wildman–Crippen LogP) is 1.16. The van der Waals surface area contributed by atoms with Crippen LogP contribution in [-0.4, -0.2) is 61.9 Å². The van der Waals surface area contributed by atoms with E-state index in [1.54, 1.807) is 0 Å². The number of hydrogen-bond donors (Lipinski definition) is 2. The van der Waals surface area contributed by atoms with Gasteiger partial charge in [0.15, 0.2) is 0 Å². The van der Waals surface area contributed by atoms with Crippen LogP contribution in [0.15, 0.2) is 0 Å². The fourth-order valence-corrected chi connectivity index (χ4v) is 4.61. The van der Waals surface area contributed by atoms with Gasteiger partial charge in [-0.3, -0.25) is 4.79 Å². The first-order valence-electron chi connectivity index (χ1n) is 8.92. The van der Waals surface area contributed by atoms with Crippen molar-refractivity contribution in [3.05, 3.63) is 0 Å². The van der Waals surface area contributed by atoms with E-state index in [9.17, 15) is 9.90 Å². The fraction of sp³-hybridized carbons (Fsp3) is 0.941. The largest absolute Gasteiger partial charge is 0.396 e. The maximum atomic E-state index is 12.8. The molecule has 0 aromatic rings. The Kier molecular flexibility index (Phi) is 5.05. The number of carbonyl (C=O) groups is 1. The molecule has 22 heavy (non-hydrogen) atoms. The van der Waals surface area contributed by atoms with Gasteiger partial charge in [-0.05, 0) is 57.0 Å². The molecular formula is C17H30N2O3. The van der Waals surface area contributed by atoms with Gasteiger partial charge in [0.05, 0.1) is 5.41 Å². The number of hydrogen-bond acceptors (Lipinski definition) is 4. The number of nitrogens with one attached hydrogen (secondary N) is 1. The summed E-state index contributed by atoms with van der Waals surface area (Å²) in [5, 5.41) is 12.6. The van der Waals surface area contributed by atoms with Crippen molar-refractivity contribution < 1.29 is 14.6 Å². The first-order chi connectivity index (χ1) is 10.7. The number of amides is 1. The Morgan fingerprint density at radius 3 is 2.59 bits per heavy atom. The van der Waals surface area contributed by atoms with Crippen LogP contribution in [0.4, 0.5) is 0 Å². The molecule has 0 aromatic carbocycles. The normalized spacial score (nSPS) is 31.1. The minimum absolute atomic E-state index is 0.0994. The number of aliphatic hydroxyl groups is 1. The smallest absolute Gasteiger partial charge is 0.226 e.